The second-order valence-corrected chi connectivity index (χ2v) is 6.51. The van der Waals surface area contributed by atoms with Gasteiger partial charge in [0, 0.05) is 6.04 Å². The van der Waals surface area contributed by atoms with Gasteiger partial charge in [0.15, 0.2) is 0 Å². The molecular formula is C13H24N4O2S. The van der Waals surface area contributed by atoms with E-state index < -0.39 is 0 Å². The number of hydrogen-bond acceptors (Lipinski definition) is 6. The number of carbonyl (C=O) groups is 1. The Morgan fingerprint density at radius 2 is 2.00 bits per heavy atom. The monoisotopic (exact) mass is 300 g/mol. The fourth-order valence-corrected chi connectivity index (χ4v) is 2.47. The molecule has 114 valence electrons. The summed E-state index contributed by atoms with van der Waals surface area (Å²) in [4.78, 5) is 13.9. The zero-order chi connectivity index (χ0) is 15.3. The summed E-state index contributed by atoms with van der Waals surface area (Å²) in [5.41, 5.74) is 0. The Kier molecular flexibility index (Phi) is 6.48. The summed E-state index contributed by atoms with van der Waals surface area (Å²) < 4.78 is 5.64. The standard InChI is InChI=1S/C13H24N4O2S/c1-7-10(17(5)6)12-15-16-13(19-12)20-9(4)11(18)14-8(2)3/h8-10H,7H2,1-6H3,(H,14,18)/t9-,10+/m1/s1. The van der Waals surface area contributed by atoms with Gasteiger partial charge in [-0.1, -0.05) is 18.7 Å². The van der Waals surface area contributed by atoms with Gasteiger partial charge in [-0.3, -0.25) is 9.69 Å². The largest absolute Gasteiger partial charge is 0.414 e. The van der Waals surface area contributed by atoms with Gasteiger partial charge in [0.05, 0.1) is 11.3 Å². The molecule has 1 N–H and O–H groups in total. The molecular weight excluding hydrogens is 276 g/mol. The van der Waals surface area contributed by atoms with Gasteiger partial charge < -0.3 is 9.73 Å². The van der Waals surface area contributed by atoms with Crippen molar-refractivity contribution in [2.24, 2.45) is 0 Å². The van der Waals surface area contributed by atoms with Gasteiger partial charge in [0.2, 0.25) is 11.8 Å². The van der Waals surface area contributed by atoms with Crippen molar-refractivity contribution in [1.82, 2.24) is 20.4 Å². The minimum Gasteiger partial charge on any atom is -0.414 e. The molecule has 0 aromatic carbocycles. The van der Waals surface area contributed by atoms with Crippen LogP contribution in [0.2, 0.25) is 0 Å². The maximum absolute atomic E-state index is 11.8. The Bertz CT molecular complexity index is 434. The smallest absolute Gasteiger partial charge is 0.277 e. The van der Waals surface area contributed by atoms with Gasteiger partial charge in [0.25, 0.3) is 5.22 Å². The molecule has 2 atom stereocenters. The number of nitrogens with zero attached hydrogens (tertiary/aromatic N) is 3. The SMILES string of the molecule is CC[C@@H](c1nnc(S[C@H](C)C(=O)NC(C)C)o1)N(C)C. The first kappa shape index (κ1) is 17.0. The van der Waals surface area contributed by atoms with Gasteiger partial charge in [0.1, 0.15) is 0 Å². The molecule has 0 saturated carbocycles. The Morgan fingerprint density at radius 3 is 2.50 bits per heavy atom. The first-order valence-electron chi connectivity index (χ1n) is 6.82. The van der Waals surface area contributed by atoms with Crippen LogP contribution in [0.1, 0.15) is 46.0 Å². The van der Waals surface area contributed by atoms with E-state index in [0.717, 1.165) is 6.42 Å². The molecule has 0 fully saturated rings. The van der Waals surface area contributed by atoms with Crippen molar-refractivity contribution in [3.63, 3.8) is 0 Å². The highest BCUT2D eigenvalue weighted by atomic mass is 32.2. The van der Waals surface area contributed by atoms with E-state index in [1.165, 1.54) is 11.8 Å². The number of carbonyl (C=O) groups excluding carboxylic acids is 1. The molecule has 20 heavy (non-hydrogen) atoms. The van der Waals surface area contributed by atoms with Crippen LogP contribution in [0.5, 0.6) is 0 Å². The molecule has 0 spiro atoms. The molecule has 1 amide bonds. The van der Waals surface area contributed by atoms with Crippen LogP contribution in [0.3, 0.4) is 0 Å². The summed E-state index contributed by atoms with van der Waals surface area (Å²) in [5.74, 6) is 0.570. The third-order valence-electron chi connectivity index (χ3n) is 2.79. The number of aromatic nitrogens is 2. The zero-order valence-electron chi connectivity index (χ0n) is 13.0. The van der Waals surface area contributed by atoms with Crippen LogP contribution in [0.25, 0.3) is 0 Å². The topological polar surface area (TPSA) is 71.3 Å². The lowest BCUT2D eigenvalue weighted by atomic mass is 10.2. The average molecular weight is 300 g/mol. The highest BCUT2D eigenvalue weighted by Gasteiger charge is 2.22. The van der Waals surface area contributed by atoms with Crippen LogP contribution in [0.4, 0.5) is 0 Å². The quantitative estimate of drug-likeness (QED) is 0.777. The van der Waals surface area contributed by atoms with Crippen molar-refractivity contribution in [1.29, 1.82) is 0 Å². The third kappa shape index (κ3) is 4.79. The van der Waals surface area contributed by atoms with E-state index in [1.54, 1.807) is 0 Å². The van der Waals surface area contributed by atoms with E-state index in [-0.39, 0.29) is 23.2 Å². The van der Waals surface area contributed by atoms with Gasteiger partial charge in [-0.15, -0.1) is 10.2 Å². The Hall–Kier alpha value is -1.08. The van der Waals surface area contributed by atoms with Crippen LogP contribution in [-0.2, 0) is 4.79 Å². The Morgan fingerprint density at radius 1 is 1.35 bits per heavy atom. The summed E-state index contributed by atoms with van der Waals surface area (Å²) in [5, 5.41) is 11.1. The molecule has 0 bridgehead atoms. The van der Waals surface area contributed by atoms with Crippen molar-refractivity contribution < 1.29 is 9.21 Å². The van der Waals surface area contributed by atoms with Crippen molar-refractivity contribution in [3.05, 3.63) is 5.89 Å². The molecule has 0 saturated heterocycles. The number of hydrogen-bond donors (Lipinski definition) is 1. The predicted molar refractivity (Wildman–Crippen MR) is 79.6 cm³/mol. The fourth-order valence-electron chi connectivity index (χ4n) is 1.77. The molecule has 6 nitrogen and oxygen atoms in total. The van der Waals surface area contributed by atoms with E-state index in [0.29, 0.717) is 11.1 Å². The minimum absolute atomic E-state index is 0.0237. The normalized spacial score (nSPS) is 14.6. The molecule has 0 aliphatic heterocycles. The van der Waals surface area contributed by atoms with Gasteiger partial charge in [-0.05, 0) is 41.3 Å². The molecule has 1 rings (SSSR count). The Balaban J connectivity index is 2.66. The summed E-state index contributed by atoms with van der Waals surface area (Å²) in [6, 6.07) is 0.235. The van der Waals surface area contributed by atoms with Gasteiger partial charge in [-0.2, -0.15) is 0 Å². The lowest BCUT2D eigenvalue weighted by molar-refractivity contribution is -0.120. The van der Waals surface area contributed by atoms with Crippen LogP contribution in [-0.4, -0.2) is 46.4 Å². The van der Waals surface area contributed by atoms with Crippen molar-refractivity contribution >= 4 is 17.7 Å². The second kappa shape index (κ2) is 7.64. The molecule has 0 aliphatic carbocycles. The van der Waals surface area contributed by atoms with Crippen LogP contribution < -0.4 is 5.32 Å². The van der Waals surface area contributed by atoms with Crippen LogP contribution in [0, 0.1) is 0 Å². The lowest BCUT2D eigenvalue weighted by Gasteiger charge is -2.18. The van der Waals surface area contributed by atoms with Crippen LogP contribution in [0.15, 0.2) is 9.64 Å². The highest BCUT2D eigenvalue weighted by Crippen LogP contribution is 2.26. The van der Waals surface area contributed by atoms with Crippen molar-refractivity contribution in [3.8, 4) is 0 Å². The highest BCUT2D eigenvalue weighted by molar-refractivity contribution is 8.00. The van der Waals surface area contributed by atoms with Gasteiger partial charge >= 0.3 is 0 Å². The summed E-state index contributed by atoms with van der Waals surface area (Å²) >= 11 is 1.28. The van der Waals surface area contributed by atoms with E-state index >= 15 is 0 Å². The minimum atomic E-state index is -0.259. The van der Waals surface area contributed by atoms with E-state index in [4.69, 9.17) is 4.42 Å². The number of rotatable bonds is 7. The first-order chi connectivity index (χ1) is 9.35. The van der Waals surface area contributed by atoms with Gasteiger partial charge in [-0.25, -0.2) is 0 Å². The number of thioether (sulfide) groups is 1. The molecule has 7 heteroatoms. The zero-order valence-corrected chi connectivity index (χ0v) is 13.8. The Labute approximate surface area is 124 Å². The third-order valence-corrected chi connectivity index (χ3v) is 3.73. The fraction of sp³-hybridized carbons (Fsp3) is 0.769. The number of nitrogens with one attached hydrogen (secondary N) is 1. The molecule has 0 radical (unpaired) electrons. The van der Waals surface area contributed by atoms with Crippen LogP contribution >= 0.6 is 11.8 Å². The summed E-state index contributed by atoms with van der Waals surface area (Å²) in [7, 11) is 3.95. The number of amides is 1. The molecule has 1 aromatic heterocycles. The summed E-state index contributed by atoms with van der Waals surface area (Å²) in [6.45, 7) is 7.77. The lowest BCUT2D eigenvalue weighted by Crippen LogP contribution is -2.35. The molecule has 1 heterocycles. The first-order valence-corrected chi connectivity index (χ1v) is 7.70. The van der Waals surface area contributed by atoms with E-state index in [9.17, 15) is 4.79 Å². The van der Waals surface area contributed by atoms with E-state index in [2.05, 4.69) is 22.4 Å². The predicted octanol–water partition coefficient (Wildman–Crippen LogP) is 2.09. The maximum atomic E-state index is 11.8. The average Bonchev–Trinajstić information content (AvgIpc) is 2.76. The van der Waals surface area contributed by atoms with Crippen molar-refractivity contribution in [2.75, 3.05) is 14.1 Å². The summed E-state index contributed by atoms with van der Waals surface area (Å²) in [6.07, 6.45) is 0.892. The molecule has 1 aromatic rings. The van der Waals surface area contributed by atoms with Crippen molar-refractivity contribution in [2.45, 2.75) is 56.7 Å². The molecule has 0 unspecified atom stereocenters. The maximum Gasteiger partial charge on any atom is 0.277 e. The second-order valence-electron chi connectivity index (χ2n) is 5.22. The molecule has 0 aliphatic rings. The van der Waals surface area contributed by atoms with E-state index in [1.807, 2.05) is 39.8 Å².